The lowest BCUT2D eigenvalue weighted by atomic mass is 10.2. The van der Waals surface area contributed by atoms with Crippen molar-refractivity contribution in [3.05, 3.63) is 36.2 Å². The average Bonchev–Trinajstić information content (AvgIpc) is 3.10. The molecule has 1 aliphatic heterocycles. The summed E-state index contributed by atoms with van der Waals surface area (Å²) in [6.45, 7) is 4.05. The smallest absolute Gasteiger partial charge is 0.169 e. The fourth-order valence-corrected chi connectivity index (χ4v) is 2.55. The van der Waals surface area contributed by atoms with E-state index in [4.69, 9.17) is 9.47 Å². The van der Waals surface area contributed by atoms with E-state index in [-0.39, 0.29) is 0 Å². The zero-order valence-electron chi connectivity index (χ0n) is 11.8. The topological polar surface area (TPSA) is 48.3 Å². The van der Waals surface area contributed by atoms with E-state index in [2.05, 4.69) is 10.4 Å². The van der Waals surface area contributed by atoms with Gasteiger partial charge >= 0.3 is 0 Å². The number of aromatic nitrogens is 2. The Morgan fingerprint density at radius 2 is 2.05 bits per heavy atom. The van der Waals surface area contributed by atoms with Crippen LogP contribution in [0.2, 0.25) is 0 Å². The molecule has 1 N–H and O–H groups in total. The van der Waals surface area contributed by atoms with Gasteiger partial charge in [0.25, 0.3) is 0 Å². The Labute approximate surface area is 118 Å². The minimum Gasteiger partial charge on any atom is -0.493 e. The standard InChI is InChI=1S/C15H19N3O2/c1-11-15(10-17-18(11)12-7-8-16-9-12)20-14-6-4-3-5-13(14)19-2/h3-6,10,12,16H,7-9H2,1-2H3. The summed E-state index contributed by atoms with van der Waals surface area (Å²) in [4.78, 5) is 0. The van der Waals surface area contributed by atoms with Crippen molar-refractivity contribution in [1.82, 2.24) is 15.1 Å². The molecule has 5 nitrogen and oxygen atoms in total. The van der Waals surface area contributed by atoms with E-state index in [9.17, 15) is 0 Å². The van der Waals surface area contributed by atoms with Crippen LogP contribution < -0.4 is 14.8 Å². The van der Waals surface area contributed by atoms with Crippen LogP contribution in [0, 0.1) is 6.92 Å². The van der Waals surface area contributed by atoms with Gasteiger partial charge in [-0.05, 0) is 32.0 Å². The Morgan fingerprint density at radius 1 is 1.25 bits per heavy atom. The molecule has 0 spiro atoms. The Hall–Kier alpha value is -2.01. The molecular weight excluding hydrogens is 254 g/mol. The first kappa shape index (κ1) is 13.0. The number of methoxy groups -OCH3 is 1. The second-order valence-corrected chi connectivity index (χ2v) is 4.94. The molecule has 1 unspecified atom stereocenters. The highest BCUT2D eigenvalue weighted by atomic mass is 16.5. The first-order valence-corrected chi connectivity index (χ1v) is 6.85. The van der Waals surface area contributed by atoms with Crippen molar-refractivity contribution in [3.8, 4) is 17.2 Å². The molecule has 2 aromatic rings. The van der Waals surface area contributed by atoms with Gasteiger partial charge in [0.15, 0.2) is 17.2 Å². The van der Waals surface area contributed by atoms with Gasteiger partial charge in [0, 0.05) is 6.54 Å². The van der Waals surface area contributed by atoms with Gasteiger partial charge in [0.05, 0.1) is 25.0 Å². The number of nitrogens with zero attached hydrogens (tertiary/aromatic N) is 2. The maximum Gasteiger partial charge on any atom is 0.169 e. The van der Waals surface area contributed by atoms with E-state index in [1.165, 1.54) is 0 Å². The van der Waals surface area contributed by atoms with Gasteiger partial charge in [0.1, 0.15) is 0 Å². The summed E-state index contributed by atoms with van der Waals surface area (Å²) in [5.41, 5.74) is 1.05. The lowest BCUT2D eigenvalue weighted by Gasteiger charge is -2.13. The molecule has 0 amide bonds. The van der Waals surface area contributed by atoms with E-state index >= 15 is 0 Å². The fraction of sp³-hybridized carbons (Fsp3) is 0.400. The molecule has 0 bridgehead atoms. The van der Waals surface area contributed by atoms with Gasteiger partial charge in [-0.3, -0.25) is 4.68 Å². The predicted octanol–water partition coefficient (Wildman–Crippen LogP) is 2.53. The Bertz CT molecular complexity index is 589. The molecule has 0 aliphatic carbocycles. The first-order valence-electron chi connectivity index (χ1n) is 6.85. The quantitative estimate of drug-likeness (QED) is 0.930. The first-order chi connectivity index (χ1) is 9.79. The van der Waals surface area contributed by atoms with Gasteiger partial charge in [-0.15, -0.1) is 0 Å². The highest BCUT2D eigenvalue weighted by Gasteiger charge is 2.21. The van der Waals surface area contributed by atoms with Gasteiger partial charge < -0.3 is 14.8 Å². The molecular formula is C15H19N3O2. The van der Waals surface area contributed by atoms with Crippen molar-refractivity contribution in [2.45, 2.75) is 19.4 Å². The SMILES string of the molecule is COc1ccccc1Oc1cnn(C2CCNC2)c1C. The summed E-state index contributed by atoms with van der Waals surface area (Å²) in [5, 5.41) is 7.81. The number of para-hydroxylation sites is 2. The normalized spacial score (nSPS) is 18.2. The highest BCUT2D eigenvalue weighted by Crippen LogP contribution is 2.33. The van der Waals surface area contributed by atoms with Crippen LogP contribution in [0.1, 0.15) is 18.2 Å². The number of benzene rings is 1. The molecule has 106 valence electrons. The molecule has 20 heavy (non-hydrogen) atoms. The van der Waals surface area contributed by atoms with Crippen LogP contribution in [0.15, 0.2) is 30.5 Å². The zero-order chi connectivity index (χ0) is 13.9. The number of rotatable bonds is 4. The largest absolute Gasteiger partial charge is 0.493 e. The third-order valence-corrected chi connectivity index (χ3v) is 3.67. The highest BCUT2D eigenvalue weighted by molar-refractivity contribution is 5.43. The van der Waals surface area contributed by atoms with Crippen LogP contribution in [-0.4, -0.2) is 30.0 Å². The number of nitrogens with one attached hydrogen (secondary N) is 1. The van der Waals surface area contributed by atoms with Gasteiger partial charge in [-0.2, -0.15) is 5.10 Å². The number of hydrogen-bond donors (Lipinski definition) is 1. The molecule has 0 radical (unpaired) electrons. The number of hydrogen-bond acceptors (Lipinski definition) is 4. The van der Waals surface area contributed by atoms with Crippen LogP contribution in [0.25, 0.3) is 0 Å². The molecule has 1 aromatic heterocycles. The predicted molar refractivity (Wildman–Crippen MR) is 76.6 cm³/mol. The minimum atomic E-state index is 0.421. The molecule has 1 aromatic carbocycles. The molecule has 1 aliphatic rings. The maximum absolute atomic E-state index is 5.94. The Morgan fingerprint density at radius 3 is 2.75 bits per heavy atom. The van der Waals surface area contributed by atoms with Crippen molar-refractivity contribution < 1.29 is 9.47 Å². The van der Waals surface area contributed by atoms with Crippen LogP contribution >= 0.6 is 0 Å². The van der Waals surface area contributed by atoms with Crippen molar-refractivity contribution in [2.24, 2.45) is 0 Å². The molecule has 5 heteroatoms. The molecule has 0 saturated carbocycles. The third-order valence-electron chi connectivity index (χ3n) is 3.67. The van der Waals surface area contributed by atoms with E-state index in [1.807, 2.05) is 35.9 Å². The monoisotopic (exact) mass is 273 g/mol. The van der Waals surface area contributed by atoms with Crippen LogP contribution in [0.4, 0.5) is 0 Å². The summed E-state index contributed by atoms with van der Waals surface area (Å²) in [6.07, 6.45) is 2.89. The van der Waals surface area contributed by atoms with Crippen molar-refractivity contribution in [3.63, 3.8) is 0 Å². The van der Waals surface area contributed by atoms with Gasteiger partial charge in [0.2, 0.25) is 0 Å². The van der Waals surface area contributed by atoms with E-state index in [0.29, 0.717) is 11.8 Å². The Kier molecular flexibility index (Phi) is 3.60. The summed E-state index contributed by atoms with van der Waals surface area (Å²) in [7, 11) is 1.64. The maximum atomic E-state index is 5.94. The van der Waals surface area contributed by atoms with Crippen LogP contribution in [-0.2, 0) is 0 Å². The fourth-order valence-electron chi connectivity index (χ4n) is 2.55. The van der Waals surface area contributed by atoms with Crippen molar-refractivity contribution >= 4 is 0 Å². The van der Waals surface area contributed by atoms with Gasteiger partial charge in [-0.1, -0.05) is 12.1 Å². The molecule has 3 rings (SSSR count). The average molecular weight is 273 g/mol. The zero-order valence-corrected chi connectivity index (χ0v) is 11.8. The second kappa shape index (κ2) is 5.54. The summed E-state index contributed by atoms with van der Waals surface area (Å²) < 4.78 is 13.3. The van der Waals surface area contributed by atoms with Gasteiger partial charge in [-0.25, -0.2) is 0 Å². The van der Waals surface area contributed by atoms with E-state index in [1.54, 1.807) is 13.3 Å². The van der Waals surface area contributed by atoms with Crippen molar-refractivity contribution in [1.29, 1.82) is 0 Å². The summed E-state index contributed by atoms with van der Waals surface area (Å²) in [6, 6.07) is 8.05. The van der Waals surface area contributed by atoms with E-state index in [0.717, 1.165) is 36.7 Å². The summed E-state index contributed by atoms with van der Waals surface area (Å²) in [5.74, 6) is 2.21. The number of ether oxygens (including phenoxy) is 2. The third kappa shape index (κ3) is 2.36. The molecule has 2 heterocycles. The molecule has 1 atom stereocenters. The van der Waals surface area contributed by atoms with Crippen molar-refractivity contribution in [2.75, 3.05) is 20.2 Å². The minimum absolute atomic E-state index is 0.421. The molecule has 1 saturated heterocycles. The second-order valence-electron chi connectivity index (χ2n) is 4.94. The Balaban J connectivity index is 1.84. The van der Waals surface area contributed by atoms with Crippen LogP contribution in [0.3, 0.4) is 0 Å². The molecule has 1 fully saturated rings. The lowest BCUT2D eigenvalue weighted by Crippen LogP contribution is -2.15. The van der Waals surface area contributed by atoms with Crippen LogP contribution in [0.5, 0.6) is 17.2 Å². The lowest BCUT2D eigenvalue weighted by molar-refractivity contribution is 0.377. The van der Waals surface area contributed by atoms with E-state index < -0.39 is 0 Å². The summed E-state index contributed by atoms with van der Waals surface area (Å²) >= 11 is 0.